The van der Waals surface area contributed by atoms with E-state index in [1.807, 2.05) is 39.0 Å². The van der Waals surface area contributed by atoms with Gasteiger partial charge in [0.25, 0.3) is 5.91 Å². The van der Waals surface area contributed by atoms with Gasteiger partial charge in [0.05, 0.1) is 0 Å². The second-order valence-corrected chi connectivity index (χ2v) is 6.84. The quantitative estimate of drug-likeness (QED) is 0.898. The van der Waals surface area contributed by atoms with Crippen LogP contribution in [0.4, 0.5) is 0 Å². The van der Waals surface area contributed by atoms with E-state index < -0.39 is 11.5 Å². The Kier molecular flexibility index (Phi) is 4.08. The molecule has 1 aliphatic rings. The van der Waals surface area contributed by atoms with Gasteiger partial charge in [-0.3, -0.25) is 4.79 Å². The predicted molar refractivity (Wildman–Crippen MR) is 81.4 cm³/mol. The number of nitrogens with one attached hydrogen (secondary N) is 1. The van der Waals surface area contributed by atoms with E-state index in [9.17, 15) is 14.7 Å². The molecule has 0 spiro atoms. The van der Waals surface area contributed by atoms with Gasteiger partial charge >= 0.3 is 5.97 Å². The van der Waals surface area contributed by atoms with Gasteiger partial charge in [-0.2, -0.15) is 0 Å². The van der Waals surface area contributed by atoms with Crippen LogP contribution >= 0.6 is 0 Å². The third kappa shape index (κ3) is 3.09. The van der Waals surface area contributed by atoms with E-state index in [-0.39, 0.29) is 11.3 Å². The molecule has 0 aliphatic heterocycles. The molecular weight excluding hydrogens is 266 g/mol. The molecule has 4 heteroatoms. The van der Waals surface area contributed by atoms with Gasteiger partial charge in [-0.15, -0.1) is 0 Å². The lowest BCUT2D eigenvalue weighted by Crippen LogP contribution is -2.52. The Hall–Kier alpha value is -1.84. The van der Waals surface area contributed by atoms with Crippen LogP contribution in [0.15, 0.2) is 24.3 Å². The fourth-order valence-electron chi connectivity index (χ4n) is 2.99. The summed E-state index contributed by atoms with van der Waals surface area (Å²) < 4.78 is 0. The van der Waals surface area contributed by atoms with Crippen molar-refractivity contribution in [3.8, 4) is 0 Å². The molecule has 21 heavy (non-hydrogen) atoms. The van der Waals surface area contributed by atoms with Crippen LogP contribution in [0.1, 0.15) is 62.4 Å². The first-order valence-electron chi connectivity index (χ1n) is 7.42. The van der Waals surface area contributed by atoms with Crippen molar-refractivity contribution < 1.29 is 14.7 Å². The maximum Gasteiger partial charge on any atom is 0.329 e. The molecule has 1 saturated carbocycles. The van der Waals surface area contributed by atoms with Crippen LogP contribution < -0.4 is 5.32 Å². The minimum Gasteiger partial charge on any atom is -0.480 e. The van der Waals surface area contributed by atoms with E-state index in [1.165, 1.54) is 0 Å². The summed E-state index contributed by atoms with van der Waals surface area (Å²) in [5, 5.41) is 12.3. The van der Waals surface area contributed by atoms with Crippen molar-refractivity contribution >= 4 is 11.9 Å². The van der Waals surface area contributed by atoms with Crippen molar-refractivity contribution in [3.63, 3.8) is 0 Å². The maximum atomic E-state index is 12.6. The van der Waals surface area contributed by atoms with E-state index in [0.717, 1.165) is 18.4 Å². The lowest BCUT2D eigenvalue weighted by atomic mass is 9.83. The Morgan fingerprint density at radius 3 is 2.24 bits per heavy atom. The Labute approximate surface area is 125 Å². The van der Waals surface area contributed by atoms with Crippen LogP contribution in [0.3, 0.4) is 0 Å². The molecule has 0 bridgehead atoms. The number of carbonyl (C=O) groups is 2. The normalized spacial score (nSPS) is 17.5. The number of aliphatic carboxylic acids is 1. The van der Waals surface area contributed by atoms with Crippen LogP contribution in [0.2, 0.25) is 0 Å². The predicted octanol–water partition coefficient (Wildman–Crippen LogP) is 3.11. The van der Waals surface area contributed by atoms with Crippen LogP contribution in [0.25, 0.3) is 0 Å². The zero-order chi connectivity index (χ0) is 15.7. The Morgan fingerprint density at radius 1 is 1.14 bits per heavy atom. The maximum absolute atomic E-state index is 12.6. The first-order chi connectivity index (χ1) is 9.76. The summed E-state index contributed by atoms with van der Waals surface area (Å²) in [6, 6.07) is 7.41. The highest BCUT2D eigenvalue weighted by molar-refractivity contribution is 5.99. The van der Waals surface area contributed by atoms with E-state index in [2.05, 4.69) is 5.32 Å². The number of rotatable bonds is 3. The van der Waals surface area contributed by atoms with Gasteiger partial charge in [0, 0.05) is 5.56 Å². The molecule has 2 N–H and O–H groups in total. The second-order valence-electron chi connectivity index (χ2n) is 6.84. The summed E-state index contributed by atoms with van der Waals surface area (Å²) in [4.78, 5) is 24.2. The third-order valence-corrected chi connectivity index (χ3v) is 4.20. The zero-order valence-corrected chi connectivity index (χ0v) is 12.9. The summed E-state index contributed by atoms with van der Waals surface area (Å²) in [6.45, 7) is 6.13. The molecular formula is C17H23NO3. The molecule has 0 atom stereocenters. The molecule has 114 valence electrons. The molecule has 0 aromatic heterocycles. The molecule has 1 aromatic carbocycles. The topological polar surface area (TPSA) is 66.4 Å². The number of benzene rings is 1. The monoisotopic (exact) mass is 289 g/mol. The summed E-state index contributed by atoms with van der Waals surface area (Å²) in [5.74, 6) is -1.22. The van der Waals surface area contributed by atoms with Crippen molar-refractivity contribution in [2.45, 2.75) is 57.4 Å². The Bertz CT molecular complexity index is 551. The number of carbonyl (C=O) groups excluding carboxylic acids is 1. The lowest BCUT2D eigenvalue weighted by Gasteiger charge is -2.28. The van der Waals surface area contributed by atoms with E-state index in [0.29, 0.717) is 18.4 Å². The van der Waals surface area contributed by atoms with Crippen molar-refractivity contribution in [1.29, 1.82) is 0 Å². The van der Waals surface area contributed by atoms with Crippen LogP contribution in [-0.2, 0) is 10.2 Å². The highest BCUT2D eigenvalue weighted by atomic mass is 16.4. The number of carboxylic acid groups (broad SMARTS) is 1. The molecule has 0 unspecified atom stereocenters. The fraction of sp³-hybridized carbons (Fsp3) is 0.529. The molecule has 1 aliphatic carbocycles. The van der Waals surface area contributed by atoms with Gasteiger partial charge in [0.2, 0.25) is 0 Å². The average molecular weight is 289 g/mol. The van der Waals surface area contributed by atoms with Gasteiger partial charge in [-0.1, -0.05) is 51.8 Å². The minimum atomic E-state index is -1.10. The summed E-state index contributed by atoms with van der Waals surface area (Å²) in [6.07, 6.45) is 2.69. The summed E-state index contributed by atoms with van der Waals surface area (Å²) in [5.41, 5.74) is 0.237. The summed E-state index contributed by atoms with van der Waals surface area (Å²) in [7, 11) is 0. The minimum absolute atomic E-state index is 0.167. The largest absolute Gasteiger partial charge is 0.480 e. The molecule has 1 amide bonds. The number of hydrogen-bond acceptors (Lipinski definition) is 2. The number of carboxylic acids is 1. The third-order valence-electron chi connectivity index (χ3n) is 4.20. The highest BCUT2D eigenvalue weighted by Crippen LogP contribution is 2.31. The van der Waals surface area contributed by atoms with Crippen molar-refractivity contribution in [3.05, 3.63) is 35.4 Å². The first kappa shape index (κ1) is 15.5. The van der Waals surface area contributed by atoms with Gasteiger partial charge < -0.3 is 10.4 Å². The SMILES string of the molecule is CC(C)(C)c1ccccc1C(=O)NC1(C(=O)O)CCCC1. The Balaban J connectivity index is 2.31. The second kappa shape index (κ2) is 5.51. The van der Waals surface area contributed by atoms with Crippen molar-refractivity contribution in [2.24, 2.45) is 0 Å². The van der Waals surface area contributed by atoms with Gasteiger partial charge in [0.15, 0.2) is 0 Å². The molecule has 0 saturated heterocycles. The average Bonchev–Trinajstić information content (AvgIpc) is 2.87. The van der Waals surface area contributed by atoms with Gasteiger partial charge in [0.1, 0.15) is 5.54 Å². The van der Waals surface area contributed by atoms with Gasteiger partial charge in [-0.05, 0) is 29.9 Å². The molecule has 2 rings (SSSR count). The number of amides is 1. The zero-order valence-electron chi connectivity index (χ0n) is 12.9. The smallest absolute Gasteiger partial charge is 0.329 e. The van der Waals surface area contributed by atoms with Crippen molar-refractivity contribution in [2.75, 3.05) is 0 Å². The van der Waals surface area contributed by atoms with E-state index >= 15 is 0 Å². The fourth-order valence-corrected chi connectivity index (χ4v) is 2.99. The highest BCUT2D eigenvalue weighted by Gasteiger charge is 2.43. The molecule has 1 aromatic rings. The molecule has 1 fully saturated rings. The first-order valence-corrected chi connectivity index (χ1v) is 7.42. The summed E-state index contributed by atoms with van der Waals surface area (Å²) >= 11 is 0. The van der Waals surface area contributed by atoms with Crippen LogP contribution in [0, 0.1) is 0 Å². The standard InChI is InChI=1S/C17H23NO3/c1-16(2,3)13-9-5-4-8-12(13)14(19)18-17(15(20)21)10-6-7-11-17/h4-5,8-9H,6-7,10-11H2,1-3H3,(H,18,19)(H,20,21). The van der Waals surface area contributed by atoms with Gasteiger partial charge in [-0.25, -0.2) is 4.79 Å². The lowest BCUT2D eigenvalue weighted by molar-refractivity contribution is -0.144. The van der Waals surface area contributed by atoms with Crippen LogP contribution in [0.5, 0.6) is 0 Å². The molecule has 0 heterocycles. The van der Waals surface area contributed by atoms with E-state index in [4.69, 9.17) is 0 Å². The van der Waals surface area contributed by atoms with Crippen LogP contribution in [-0.4, -0.2) is 22.5 Å². The Morgan fingerprint density at radius 2 is 1.71 bits per heavy atom. The van der Waals surface area contributed by atoms with Crippen molar-refractivity contribution in [1.82, 2.24) is 5.32 Å². The van der Waals surface area contributed by atoms with E-state index in [1.54, 1.807) is 6.07 Å². The molecule has 4 nitrogen and oxygen atoms in total. The number of hydrogen-bond donors (Lipinski definition) is 2. The molecule has 0 radical (unpaired) electrons.